The van der Waals surface area contributed by atoms with Crippen molar-refractivity contribution in [2.75, 3.05) is 0 Å². The zero-order valence-corrected chi connectivity index (χ0v) is 17.1. The van der Waals surface area contributed by atoms with E-state index in [1.807, 2.05) is 24.3 Å². The highest BCUT2D eigenvalue weighted by Gasteiger charge is 2.31. The fraction of sp³-hybridized carbons (Fsp3) is 0. The second-order valence-corrected chi connectivity index (χ2v) is 8.68. The predicted octanol–water partition coefficient (Wildman–Crippen LogP) is 4.27. The van der Waals surface area contributed by atoms with Crippen LogP contribution in [-0.2, 0) is 0 Å². The highest BCUT2D eigenvalue weighted by Crippen LogP contribution is 2.46. The average Bonchev–Trinajstić information content (AvgIpc) is 2.74. The second kappa shape index (κ2) is 5.25. The summed E-state index contributed by atoms with van der Waals surface area (Å²) in [5.41, 5.74) is 1.79. The molecule has 6 nitrogen and oxygen atoms in total. The summed E-state index contributed by atoms with van der Waals surface area (Å²) in [6, 6.07) is 12.6. The Morgan fingerprint density at radius 1 is 0.516 bits per heavy atom. The molecule has 2 N–H and O–H groups in total. The van der Waals surface area contributed by atoms with Crippen LogP contribution < -0.4 is 10.6 Å². The lowest BCUT2D eigenvalue weighted by Gasteiger charge is -2.24. The van der Waals surface area contributed by atoms with Gasteiger partial charge in [0.2, 0.25) is 0 Å². The molecule has 0 aromatic heterocycles. The SMILES string of the molecule is O=C1NC(=O)c2ccc3c4cc(Br)c5c6c(ccc(c7ccc1c2c73)c64)C(=O)NC5=O. The maximum atomic E-state index is 12.6. The third kappa shape index (κ3) is 1.84. The molecule has 0 spiro atoms. The maximum Gasteiger partial charge on any atom is 0.259 e. The number of nitrogens with one attached hydrogen (secondary N) is 2. The van der Waals surface area contributed by atoms with Crippen molar-refractivity contribution < 1.29 is 19.2 Å². The highest BCUT2D eigenvalue weighted by molar-refractivity contribution is 9.10. The molecule has 4 amide bonds. The van der Waals surface area contributed by atoms with Gasteiger partial charge in [0.05, 0.1) is 5.56 Å². The Balaban J connectivity index is 1.84. The smallest absolute Gasteiger partial charge is 0.259 e. The molecule has 0 aliphatic carbocycles. The quantitative estimate of drug-likeness (QED) is 0.201. The summed E-state index contributed by atoms with van der Waals surface area (Å²) in [5.74, 6) is -1.70. The van der Waals surface area contributed by atoms with Crippen LogP contribution in [0.3, 0.4) is 0 Å². The van der Waals surface area contributed by atoms with Gasteiger partial charge in [0.25, 0.3) is 23.6 Å². The van der Waals surface area contributed by atoms with Crippen LogP contribution in [0, 0.1) is 0 Å². The number of hydrogen-bond acceptors (Lipinski definition) is 4. The van der Waals surface area contributed by atoms with Gasteiger partial charge in [0.1, 0.15) is 0 Å². The minimum atomic E-state index is -0.439. The molecule has 2 aliphatic heterocycles. The van der Waals surface area contributed by atoms with Gasteiger partial charge in [-0.2, -0.15) is 0 Å². The fourth-order valence-electron chi connectivity index (χ4n) is 5.17. The first kappa shape index (κ1) is 16.9. The number of halogens is 1. The Bertz CT molecular complexity index is 1750. The topological polar surface area (TPSA) is 92.3 Å². The number of rotatable bonds is 0. The molecule has 2 aliphatic rings. The Kier molecular flexibility index (Phi) is 2.86. The maximum absolute atomic E-state index is 12.6. The number of amides is 4. The van der Waals surface area contributed by atoms with E-state index in [2.05, 4.69) is 26.6 Å². The molecule has 7 rings (SSSR count). The average molecular weight is 469 g/mol. The Morgan fingerprint density at radius 2 is 0.968 bits per heavy atom. The first-order chi connectivity index (χ1) is 15.0. The van der Waals surface area contributed by atoms with Crippen molar-refractivity contribution in [2.24, 2.45) is 0 Å². The molecule has 31 heavy (non-hydrogen) atoms. The number of hydrogen-bond donors (Lipinski definition) is 2. The molecule has 0 atom stereocenters. The fourth-order valence-corrected chi connectivity index (χ4v) is 5.78. The third-order valence-corrected chi connectivity index (χ3v) is 7.02. The molecule has 0 fully saturated rings. The lowest BCUT2D eigenvalue weighted by molar-refractivity contribution is 0.0828. The minimum absolute atomic E-state index is 0.416. The van der Waals surface area contributed by atoms with Crippen molar-refractivity contribution in [1.29, 1.82) is 0 Å². The Hall–Kier alpha value is -3.84. The molecule has 0 bridgehead atoms. The van der Waals surface area contributed by atoms with E-state index in [1.165, 1.54) is 0 Å². The van der Waals surface area contributed by atoms with Gasteiger partial charge in [-0.1, -0.05) is 18.2 Å². The number of carbonyl (C=O) groups is 4. The lowest BCUT2D eigenvalue weighted by atomic mass is 9.83. The number of imide groups is 2. The minimum Gasteiger partial charge on any atom is -0.288 e. The van der Waals surface area contributed by atoms with Crippen LogP contribution in [0.1, 0.15) is 41.4 Å². The summed E-state index contributed by atoms with van der Waals surface area (Å²) >= 11 is 3.52. The number of carbonyl (C=O) groups excluding carboxylic acids is 4. The zero-order chi connectivity index (χ0) is 21.2. The van der Waals surface area contributed by atoms with Crippen LogP contribution in [0.15, 0.2) is 46.9 Å². The van der Waals surface area contributed by atoms with Gasteiger partial charge in [-0.3, -0.25) is 29.8 Å². The first-order valence-corrected chi connectivity index (χ1v) is 10.4. The van der Waals surface area contributed by atoms with Crippen LogP contribution in [0.25, 0.3) is 43.1 Å². The van der Waals surface area contributed by atoms with Crippen molar-refractivity contribution in [3.63, 3.8) is 0 Å². The van der Waals surface area contributed by atoms with E-state index in [9.17, 15) is 19.2 Å². The van der Waals surface area contributed by atoms with Crippen molar-refractivity contribution in [3.05, 3.63) is 69.2 Å². The van der Waals surface area contributed by atoms with Crippen molar-refractivity contribution in [1.82, 2.24) is 10.6 Å². The van der Waals surface area contributed by atoms with Crippen molar-refractivity contribution in [3.8, 4) is 0 Å². The summed E-state index contributed by atoms with van der Waals surface area (Å²) in [7, 11) is 0. The molecule has 146 valence electrons. The molecule has 7 heteroatoms. The summed E-state index contributed by atoms with van der Waals surface area (Å²) in [6.07, 6.45) is 0. The van der Waals surface area contributed by atoms with Crippen LogP contribution in [0.5, 0.6) is 0 Å². The van der Waals surface area contributed by atoms with E-state index < -0.39 is 23.6 Å². The van der Waals surface area contributed by atoms with Gasteiger partial charge in [-0.15, -0.1) is 0 Å². The van der Waals surface area contributed by atoms with E-state index in [1.54, 1.807) is 18.2 Å². The second-order valence-electron chi connectivity index (χ2n) is 7.83. The monoisotopic (exact) mass is 468 g/mol. The molecule has 5 aromatic rings. The Labute approximate surface area is 181 Å². The molecular formula is C24H9BrN2O4. The molecule has 0 saturated carbocycles. The van der Waals surface area contributed by atoms with Gasteiger partial charge < -0.3 is 0 Å². The number of benzene rings is 5. The van der Waals surface area contributed by atoms with Crippen LogP contribution >= 0.6 is 15.9 Å². The third-order valence-electron chi connectivity index (χ3n) is 6.39. The Morgan fingerprint density at radius 3 is 1.55 bits per heavy atom. The van der Waals surface area contributed by atoms with E-state index in [0.29, 0.717) is 37.5 Å². The normalized spacial score (nSPS) is 15.4. The van der Waals surface area contributed by atoms with E-state index in [4.69, 9.17) is 0 Å². The summed E-state index contributed by atoms with van der Waals surface area (Å²) in [5, 5.41) is 11.1. The van der Waals surface area contributed by atoms with Crippen LogP contribution in [0.4, 0.5) is 0 Å². The first-order valence-electron chi connectivity index (χ1n) is 9.56. The zero-order valence-electron chi connectivity index (χ0n) is 15.6. The molecular weight excluding hydrogens is 460 g/mol. The van der Waals surface area contributed by atoms with Gasteiger partial charge in [-0.25, -0.2) is 0 Å². The highest BCUT2D eigenvalue weighted by atomic mass is 79.9. The molecule has 0 radical (unpaired) electrons. The van der Waals surface area contributed by atoms with Gasteiger partial charge >= 0.3 is 0 Å². The van der Waals surface area contributed by atoms with Gasteiger partial charge in [0.15, 0.2) is 0 Å². The lowest BCUT2D eigenvalue weighted by Crippen LogP contribution is -2.35. The summed E-state index contributed by atoms with van der Waals surface area (Å²) in [6.45, 7) is 0. The molecule has 0 unspecified atom stereocenters. The molecule has 5 aromatic carbocycles. The van der Waals surface area contributed by atoms with Crippen molar-refractivity contribution >= 4 is 82.6 Å². The van der Waals surface area contributed by atoms with E-state index in [0.717, 1.165) is 32.3 Å². The van der Waals surface area contributed by atoms with Crippen molar-refractivity contribution in [2.45, 2.75) is 0 Å². The largest absolute Gasteiger partial charge is 0.288 e. The van der Waals surface area contributed by atoms with Gasteiger partial charge in [-0.05, 0) is 72.5 Å². The number of fused-ring (bicyclic) bond motifs is 2. The molecule has 0 saturated heterocycles. The van der Waals surface area contributed by atoms with E-state index in [-0.39, 0.29) is 0 Å². The van der Waals surface area contributed by atoms with Crippen LogP contribution in [0.2, 0.25) is 0 Å². The summed E-state index contributed by atoms with van der Waals surface area (Å²) in [4.78, 5) is 50.1. The van der Waals surface area contributed by atoms with Gasteiger partial charge in [0, 0.05) is 31.9 Å². The predicted molar refractivity (Wildman–Crippen MR) is 119 cm³/mol. The van der Waals surface area contributed by atoms with Crippen LogP contribution in [-0.4, -0.2) is 23.6 Å². The standard InChI is InChI=1S/C24H9BrN2O4/c25-15-7-14-10-3-5-12-18-11(21(28)26-22(12)29)4-1-8(16(10)18)9-2-6-13-19(17(9)14)20(15)24(31)27-23(13)30/h1-7H,(H,26,28,29)(H,27,30,31). The molecule has 2 heterocycles. The van der Waals surface area contributed by atoms with E-state index >= 15 is 0 Å². The summed E-state index contributed by atoms with van der Waals surface area (Å²) < 4.78 is 0.580.